The van der Waals surface area contributed by atoms with Gasteiger partial charge in [-0.25, -0.2) is 4.39 Å². The van der Waals surface area contributed by atoms with Crippen molar-refractivity contribution in [2.75, 3.05) is 5.32 Å². The number of halogens is 1. The number of carbonyl (C=O) groups excluding carboxylic acids is 1. The fourth-order valence-corrected chi connectivity index (χ4v) is 1.34. The molecule has 0 aliphatic carbocycles. The van der Waals surface area contributed by atoms with Gasteiger partial charge in [0.05, 0.1) is 0 Å². The smallest absolute Gasteiger partial charge is 0.272 e. The third-order valence-electron chi connectivity index (χ3n) is 2.10. The van der Waals surface area contributed by atoms with Crippen molar-refractivity contribution >= 4 is 11.6 Å². The van der Waals surface area contributed by atoms with Crippen molar-refractivity contribution in [1.29, 1.82) is 0 Å². The number of H-pyrrole nitrogens is 1. The van der Waals surface area contributed by atoms with Crippen molar-refractivity contribution in [2.45, 2.75) is 0 Å². The largest absolute Gasteiger partial charge is 0.357 e. The molecule has 0 atom stereocenters. The fraction of sp³-hybridized carbons (Fsp3) is 0. The Kier molecular flexibility index (Phi) is 3.00. The number of hydrogen-bond acceptors (Lipinski definition) is 2. The van der Waals surface area contributed by atoms with Crippen LogP contribution in [0.25, 0.3) is 0 Å². The second kappa shape index (κ2) is 4.61. The van der Waals surface area contributed by atoms with Gasteiger partial charge in [-0.1, -0.05) is 6.07 Å². The number of benzene rings is 1. The molecule has 17 heavy (non-hydrogen) atoms. The molecule has 0 bridgehead atoms. The summed E-state index contributed by atoms with van der Waals surface area (Å²) in [5, 5.41) is 2.48. The van der Waals surface area contributed by atoms with Gasteiger partial charge >= 0.3 is 0 Å². The molecule has 0 radical (unpaired) electrons. The summed E-state index contributed by atoms with van der Waals surface area (Å²) in [6.07, 6.45) is 1.38. The highest BCUT2D eigenvalue weighted by molar-refractivity contribution is 6.02. The van der Waals surface area contributed by atoms with Crippen LogP contribution in [0.1, 0.15) is 10.5 Å². The minimum absolute atomic E-state index is 0.127. The van der Waals surface area contributed by atoms with E-state index in [9.17, 15) is 14.0 Å². The number of aromatic amines is 1. The predicted octanol–water partition coefficient (Wildman–Crippen LogP) is 1.77. The van der Waals surface area contributed by atoms with Gasteiger partial charge in [-0.3, -0.25) is 9.59 Å². The molecule has 2 N–H and O–H groups in total. The molecule has 0 saturated heterocycles. The molecule has 1 aromatic carbocycles. The molecule has 86 valence electrons. The first-order valence-corrected chi connectivity index (χ1v) is 4.91. The minimum Gasteiger partial charge on any atom is -0.357 e. The van der Waals surface area contributed by atoms with E-state index >= 15 is 0 Å². The van der Waals surface area contributed by atoms with E-state index in [2.05, 4.69) is 10.3 Å². The number of anilines is 1. The average molecular weight is 232 g/mol. The second-order valence-corrected chi connectivity index (χ2v) is 3.40. The maximum atomic E-state index is 12.9. The lowest BCUT2D eigenvalue weighted by molar-refractivity contribution is 0.102. The van der Waals surface area contributed by atoms with Crippen LogP contribution >= 0.6 is 0 Å². The molecule has 1 amide bonds. The van der Waals surface area contributed by atoms with Crippen molar-refractivity contribution in [1.82, 2.24) is 4.98 Å². The first-order valence-electron chi connectivity index (χ1n) is 4.91. The summed E-state index contributed by atoms with van der Waals surface area (Å²) in [6.45, 7) is 0. The van der Waals surface area contributed by atoms with Crippen molar-refractivity contribution in [3.05, 3.63) is 64.3 Å². The van der Waals surface area contributed by atoms with Gasteiger partial charge in [0.15, 0.2) is 5.43 Å². The third-order valence-corrected chi connectivity index (χ3v) is 2.10. The molecule has 0 aliphatic heterocycles. The van der Waals surface area contributed by atoms with Gasteiger partial charge in [0.25, 0.3) is 5.91 Å². The van der Waals surface area contributed by atoms with Gasteiger partial charge in [-0.2, -0.15) is 0 Å². The van der Waals surface area contributed by atoms with E-state index in [1.54, 1.807) is 6.07 Å². The normalized spacial score (nSPS) is 9.94. The van der Waals surface area contributed by atoms with Gasteiger partial charge in [0.1, 0.15) is 11.5 Å². The van der Waals surface area contributed by atoms with Crippen LogP contribution in [-0.2, 0) is 0 Å². The monoisotopic (exact) mass is 232 g/mol. The van der Waals surface area contributed by atoms with Crippen molar-refractivity contribution in [3.63, 3.8) is 0 Å². The van der Waals surface area contributed by atoms with E-state index in [-0.39, 0.29) is 11.1 Å². The van der Waals surface area contributed by atoms with E-state index in [0.717, 1.165) is 0 Å². The molecule has 1 aromatic heterocycles. The summed E-state index contributed by atoms with van der Waals surface area (Å²) in [4.78, 5) is 25.4. The van der Waals surface area contributed by atoms with E-state index in [4.69, 9.17) is 0 Å². The lowest BCUT2D eigenvalue weighted by Gasteiger charge is -2.04. The molecular weight excluding hydrogens is 223 g/mol. The molecule has 0 saturated carbocycles. The Morgan fingerprint density at radius 3 is 2.76 bits per heavy atom. The number of rotatable bonds is 2. The molecule has 0 spiro atoms. The second-order valence-electron chi connectivity index (χ2n) is 3.40. The Hall–Kier alpha value is -2.43. The predicted molar refractivity (Wildman–Crippen MR) is 61.4 cm³/mol. The average Bonchev–Trinajstić information content (AvgIpc) is 2.29. The standard InChI is InChI=1S/C12H9FN2O2/c13-8-2-1-3-9(6-8)15-12(17)11-7-10(16)4-5-14-11/h1-7H,(H,14,16)(H,15,17). The maximum Gasteiger partial charge on any atom is 0.272 e. The van der Waals surface area contributed by atoms with Gasteiger partial charge in [-0.05, 0) is 18.2 Å². The minimum atomic E-state index is -0.492. The van der Waals surface area contributed by atoms with E-state index in [0.29, 0.717) is 5.69 Å². The van der Waals surface area contributed by atoms with Crippen molar-refractivity contribution in [2.24, 2.45) is 0 Å². The first-order chi connectivity index (χ1) is 8.15. The molecule has 1 heterocycles. The lowest BCUT2D eigenvalue weighted by Crippen LogP contribution is -2.16. The number of pyridine rings is 1. The molecule has 4 nitrogen and oxygen atoms in total. The Morgan fingerprint density at radius 2 is 2.06 bits per heavy atom. The van der Waals surface area contributed by atoms with Gasteiger partial charge in [-0.15, -0.1) is 0 Å². The Morgan fingerprint density at radius 1 is 1.24 bits per heavy atom. The Labute approximate surface area is 96.1 Å². The lowest BCUT2D eigenvalue weighted by atomic mass is 10.3. The van der Waals surface area contributed by atoms with Crippen LogP contribution < -0.4 is 10.7 Å². The molecule has 0 aliphatic rings. The van der Waals surface area contributed by atoms with Gasteiger partial charge in [0, 0.05) is 24.0 Å². The summed E-state index contributed by atoms with van der Waals surface area (Å²) >= 11 is 0. The van der Waals surface area contributed by atoms with Gasteiger partial charge in [0.2, 0.25) is 0 Å². The summed E-state index contributed by atoms with van der Waals surface area (Å²) in [7, 11) is 0. The van der Waals surface area contributed by atoms with Crippen LogP contribution in [0, 0.1) is 5.82 Å². The highest BCUT2D eigenvalue weighted by Crippen LogP contribution is 2.09. The van der Waals surface area contributed by atoms with Crippen LogP contribution in [-0.4, -0.2) is 10.9 Å². The third kappa shape index (κ3) is 2.78. The molecule has 0 unspecified atom stereocenters. The summed E-state index contributed by atoms with van der Waals surface area (Å²) in [6, 6.07) is 7.99. The number of amides is 1. The quantitative estimate of drug-likeness (QED) is 0.828. The van der Waals surface area contributed by atoms with Crippen molar-refractivity contribution in [3.8, 4) is 0 Å². The number of aromatic nitrogens is 1. The van der Waals surface area contributed by atoms with Crippen molar-refractivity contribution < 1.29 is 9.18 Å². The van der Waals surface area contributed by atoms with Crippen LogP contribution in [0.3, 0.4) is 0 Å². The Bertz CT molecular complexity index is 607. The molecule has 0 fully saturated rings. The maximum absolute atomic E-state index is 12.9. The van der Waals surface area contributed by atoms with E-state index in [1.165, 1.54) is 36.5 Å². The zero-order valence-electron chi connectivity index (χ0n) is 8.74. The summed E-state index contributed by atoms with van der Waals surface area (Å²) in [5.74, 6) is -0.933. The van der Waals surface area contributed by atoms with Crippen LogP contribution in [0.5, 0.6) is 0 Å². The number of carbonyl (C=O) groups is 1. The van der Waals surface area contributed by atoms with Crippen LogP contribution in [0.4, 0.5) is 10.1 Å². The molecule has 2 aromatic rings. The fourth-order valence-electron chi connectivity index (χ4n) is 1.34. The molecule has 5 heteroatoms. The van der Waals surface area contributed by atoms with Crippen LogP contribution in [0.2, 0.25) is 0 Å². The molecular formula is C12H9FN2O2. The zero-order valence-corrected chi connectivity index (χ0v) is 8.74. The van der Waals surface area contributed by atoms with Gasteiger partial charge < -0.3 is 10.3 Å². The topological polar surface area (TPSA) is 62.0 Å². The summed E-state index contributed by atoms with van der Waals surface area (Å²) < 4.78 is 12.9. The van der Waals surface area contributed by atoms with Crippen LogP contribution in [0.15, 0.2) is 47.4 Å². The highest BCUT2D eigenvalue weighted by atomic mass is 19.1. The zero-order chi connectivity index (χ0) is 12.3. The Balaban J connectivity index is 2.20. The van der Waals surface area contributed by atoms with E-state index in [1.807, 2.05) is 0 Å². The molecule has 2 rings (SSSR count). The summed E-state index contributed by atoms with van der Waals surface area (Å²) in [5.41, 5.74) is 0.189. The first kappa shape index (κ1) is 11.1. The van der Waals surface area contributed by atoms with E-state index < -0.39 is 11.7 Å². The SMILES string of the molecule is O=C(Nc1cccc(F)c1)c1cc(=O)cc[nH]1. The highest BCUT2D eigenvalue weighted by Gasteiger charge is 2.06. The number of nitrogens with one attached hydrogen (secondary N) is 2. The number of hydrogen-bond donors (Lipinski definition) is 2.